The van der Waals surface area contributed by atoms with Gasteiger partial charge in [-0.05, 0) is 62.8 Å². The molecular weight excluding hydrogens is 260 g/mol. The Morgan fingerprint density at radius 1 is 1.10 bits per heavy atom. The van der Waals surface area contributed by atoms with Crippen molar-refractivity contribution >= 4 is 0 Å². The van der Waals surface area contributed by atoms with E-state index in [0.717, 1.165) is 51.6 Å². The predicted octanol–water partition coefficient (Wildman–Crippen LogP) is 3.33. The molecule has 2 saturated heterocycles. The molecule has 21 heavy (non-hydrogen) atoms. The Bertz CT molecular complexity index is 439. The van der Waals surface area contributed by atoms with Gasteiger partial charge >= 0.3 is 0 Å². The smallest absolute Gasteiger partial charge is 0.0999 e. The standard InChI is InChI=1S/C18H30N2O/c1-16(2,3)14-6-8-17(13-19,9-7-14)18(21)10-12-20-11-4-5-15(18)20/h14-15,21H,4-12H2,1-3H3. The van der Waals surface area contributed by atoms with Crippen molar-refractivity contribution in [2.24, 2.45) is 16.7 Å². The van der Waals surface area contributed by atoms with Crippen molar-refractivity contribution in [1.82, 2.24) is 4.90 Å². The third-order valence-corrected chi connectivity index (χ3v) is 6.80. The highest BCUT2D eigenvalue weighted by molar-refractivity contribution is 5.20. The maximum atomic E-state index is 11.5. The van der Waals surface area contributed by atoms with E-state index in [9.17, 15) is 10.4 Å². The van der Waals surface area contributed by atoms with Gasteiger partial charge in [-0.3, -0.25) is 4.90 Å². The molecule has 2 heterocycles. The zero-order valence-electron chi connectivity index (χ0n) is 13.9. The second-order valence-electron chi connectivity index (χ2n) is 8.70. The van der Waals surface area contributed by atoms with Gasteiger partial charge in [-0.25, -0.2) is 0 Å². The summed E-state index contributed by atoms with van der Waals surface area (Å²) < 4.78 is 0. The first kappa shape index (κ1) is 15.3. The molecule has 3 aliphatic rings. The Morgan fingerprint density at radius 3 is 2.33 bits per heavy atom. The van der Waals surface area contributed by atoms with Crippen LogP contribution >= 0.6 is 0 Å². The van der Waals surface area contributed by atoms with Crippen LogP contribution in [0.15, 0.2) is 0 Å². The first-order chi connectivity index (χ1) is 9.82. The van der Waals surface area contributed by atoms with E-state index in [0.29, 0.717) is 11.3 Å². The van der Waals surface area contributed by atoms with E-state index in [-0.39, 0.29) is 6.04 Å². The van der Waals surface area contributed by atoms with Crippen LogP contribution in [-0.2, 0) is 0 Å². The largest absolute Gasteiger partial charge is 0.387 e. The van der Waals surface area contributed by atoms with Gasteiger partial charge < -0.3 is 5.11 Å². The molecule has 3 nitrogen and oxygen atoms in total. The molecule has 0 amide bonds. The SMILES string of the molecule is CC(C)(C)C1CCC(C#N)(C2(O)CCN3CCCC32)CC1. The van der Waals surface area contributed by atoms with Crippen LogP contribution in [0.4, 0.5) is 0 Å². The van der Waals surface area contributed by atoms with Gasteiger partial charge in [0.15, 0.2) is 0 Å². The molecule has 1 aliphatic carbocycles. The first-order valence-corrected chi connectivity index (χ1v) is 8.70. The summed E-state index contributed by atoms with van der Waals surface area (Å²) in [5.41, 5.74) is -0.946. The molecule has 118 valence electrons. The summed E-state index contributed by atoms with van der Waals surface area (Å²) in [7, 11) is 0. The lowest BCUT2D eigenvalue weighted by Crippen LogP contribution is -2.56. The van der Waals surface area contributed by atoms with E-state index < -0.39 is 11.0 Å². The number of fused-ring (bicyclic) bond motifs is 1. The summed E-state index contributed by atoms with van der Waals surface area (Å²) in [6.45, 7) is 9.01. The fraction of sp³-hybridized carbons (Fsp3) is 0.944. The minimum Gasteiger partial charge on any atom is -0.387 e. The van der Waals surface area contributed by atoms with E-state index in [1.165, 1.54) is 6.42 Å². The molecule has 3 heteroatoms. The molecule has 3 fully saturated rings. The summed E-state index contributed by atoms with van der Waals surface area (Å²) in [5, 5.41) is 21.4. The minimum absolute atomic E-state index is 0.239. The molecule has 2 aliphatic heterocycles. The zero-order chi connectivity index (χ0) is 15.3. The van der Waals surface area contributed by atoms with Crippen LogP contribution in [0.3, 0.4) is 0 Å². The Labute approximate surface area is 129 Å². The molecule has 2 unspecified atom stereocenters. The van der Waals surface area contributed by atoms with Crippen molar-refractivity contribution in [2.45, 2.75) is 77.4 Å². The van der Waals surface area contributed by atoms with Crippen molar-refractivity contribution in [1.29, 1.82) is 5.26 Å². The van der Waals surface area contributed by atoms with Crippen LogP contribution in [0.25, 0.3) is 0 Å². The Morgan fingerprint density at radius 2 is 1.76 bits per heavy atom. The van der Waals surface area contributed by atoms with Crippen molar-refractivity contribution in [2.75, 3.05) is 13.1 Å². The van der Waals surface area contributed by atoms with E-state index >= 15 is 0 Å². The lowest BCUT2D eigenvalue weighted by Gasteiger charge is -2.49. The molecule has 1 N–H and O–H groups in total. The molecule has 0 aromatic carbocycles. The van der Waals surface area contributed by atoms with Gasteiger partial charge in [0.05, 0.1) is 17.1 Å². The average Bonchev–Trinajstić information content (AvgIpc) is 3.03. The zero-order valence-corrected chi connectivity index (χ0v) is 13.9. The topological polar surface area (TPSA) is 47.3 Å². The first-order valence-electron chi connectivity index (χ1n) is 8.70. The number of rotatable bonds is 1. The summed E-state index contributed by atoms with van der Waals surface area (Å²) in [4.78, 5) is 2.43. The van der Waals surface area contributed by atoms with Gasteiger partial charge in [0.2, 0.25) is 0 Å². The van der Waals surface area contributed by atoms with E-state index in [1.54, 1.807) is 0 Å². The quantitative estimate of drug-likeness (QED) is 0.806. The molecule has 0 aromatic rings. The fourth-order valence-electron chi connectivity index (χ4n) is 5.29. The molecule has 0 aromatic heterocycles. The number of aliphatic hydroxyl groups is 1. The van der Waals surface area contributed by atoms with Gasteiger partial charge in [0, 0.05) is 12.6 Å². The summed E-state index contributed by atoms with van der Waals surface area (Å²) >= 11 is 0. The van der Waals surface area contributed by atoms with Gasteiger partial charge in [0.1, 0.15) is 0 Å². The van der Waals surface area contributed by atoms with Gasteiger partial charge in [-0.2, -0.15) is 5.26 Å². The monoisotopic (exact) mass is 290 g/mol. The normalized spacial score (nSPS) is 44.5. The van der Waals surface area contributed by atoms with Crippen LogP contribution in [0, 0.1) is 28.1 Å². The van der Waals surface area contributed by atoms with Gasteiger partial charge in [0.25, 0.3) is 0 Å². The van der Waals surface area contributed by atoms with Gasteiger partial charge in [-0.1, -0.05) is 20.8 Å². The molecule has 3 rings (SSSR count). The van der Waals surface area contributed by atoms with Gasteiger partial charge in [-0.15, -0.1) is 0 Å². The summed E-state index contributed by atoms with van der Waals surface area (Å²) in [6.07, 6.45) is 6.99. The molecule has 1 saturated carbocycles. The molecule has 0 bridgehead atoms. The molecule has 0 radical (unpaired) electrons. The maximum Gasteiger partial charge on any atom is 0.0999 e. The molecule has 0 spiro atoms. The van der Waals surface area contributed by atoms with Crippen molar-refractivity contribution in [3.8, 4) is 6.07 Å². The minimum atomic E-state index is -0.763. The number of hydrogen-bond acceptors (Lipinski definition) is 3. The van der Waals surface area contributed by atoms with Crippen LogP contribution in [0.5, 0.6) is 0 Å². The average molecular weight is 290 g/mol. The second kappa shape index (κ2) is 4.96. The fourth-order valence-corrected chi connectivity index (χ4v) is 5.29. The maximum absolute atomic E-state index is 11.5. The van der Waals surface area contributed by atoms with Crippen LogP contribution in [0.1, 0.15) is 65.7 Å². The van der Waals surface area contributed by atoms with Crippen molar-refractivity contribution in [3.05, 3.63) is 0 Å². The predicted molar refractivity (Wildman–Crippen MR) is 83.6 cm³/mol. The van der Waals surface area contributed by atoms with E-state index in [2.05, 4.69) is 31.7 Å². The Kier molecular flexibility index (Phi) is 3.62. The van der Waals surface area contributed by atoms with Crippen molar-refractivity contribution < 1.29 is 5.11 Å². The highest BCUT2D eigenvalue weighted by atomic mass is 16.3. The van der Waals surface area contributed by atoms with Crippen LogP contribution in [-0.4, -0.2) is 34.7 Å². The Balaban J connectivity index is 1.81. The Hall–Kier alpha value is -0.590. The summed E-state index contributed by atoms with van der Waals surface area (Å²) in [5.74, 6) is 0.684. The molecule has 2 atom stereocenters. The lowest BCUT2D eigenvalue weighted by atomic mass is 9.57. The third-order valence-electron chi connectivity index (χ3n) is 6.80. The highest BCUT2D eigenvalue weighted by Crippen LogP contribution is 2.55. The third kappa shape index (κ3) is 2.23. The summed E-state index contributed by atoms with van der Waals surface area (Å²) in [6, 6.07) is 2.85. The van der Waals surface area contributed by atoms with E-state index in [4.69, 9.17) is 0 Å². The van der Waals surface area contributed by atoms with Crippen LogP contribution < -0.4 is 0 Å². The number of hydrogen-bond donors (Lipinski definition) is 1. The highest BCUT2D eigenvalue weighted by Gasteiger charge is 2.61. The number of nitriles is 1. The van der Waals surface area contributed by atoms with Crippen LogP contribution in [0.2, 0.25) is 0 Å². The molecular formula is C18H30N2O. The van der Waals surface area contributed by atoms with Crippen molar-refractivity contribution in [3.63, 3.8) is 0 Å². The van der Waals surface area contributed by atoms with E-state index in [1.807, 2.05) is 0 Å². The second-order valence-corrected chi connectivity index (χ2v) is 8.70. The lowest BCUT2D eigenvalue weighted by molar-refractivity contribution is -0.0988. The number of nitrogens with zero attached hydrogens (tertiary/aromatic N) is 2.